The lowest BCUT2D eigenvalue weighted by molar-refractivity contribution is -0.139. The molecular formula is C16H19F3N4O2S. The van der Waals surface area contributed by atoms with Crippen LogP contribution in [0.3, 0.4) is 0 Å². The molecule has 142 valence electrons. The number of alkyl halides is 3. The molecule has 1 N–H and O–H groups in total. The van der Waals surface area contributed by atoms with Crippen LogP contribution in [0, 0.1) is 0 Å². The first-order chi connectivity index (χ1) is 12.3. The van der Waals surface area contributed by atoms with Gasteiger partial charge in [-0.25, -0.2) is 13.1 Å². The van der Waals surface area contributed by atoms with Crippen molar-refractivity contribution in [3.63, 3.8) is 0 Å². The molecule has 1 saturated carbocycles. The van der Waals surface area contributed by atoms with Gasteiger partial charge in [-0.15, -0.1) is 10.2 Å². The van der Waals surface area contributed by atoms with Crippen molar-refractivity contribution < 1.29 is 21.6 Å². The van der Waals surface area contributed by atoms with Gasteiger partial charge in [-0.3, -0.25) is 0 Å². The van der Waals surface area contributed by atoms with E-state index in [1.165, 1.54) is 6.07 Å². The van der Waals surface area contributed by atoms with Gasteiger partial charge in [0, 0.05) is 6.04 Å². The van der Waals surface area contributed by atoms with Crippen molar-refractivity contribution in [2.75, 3.05) is 0 Å². The van der Waals surface area contributed by atoms with Crippen molar-refractivity contribution in [3.05, 3.63) is 42.0 Å². The quantitative estimate of drug-likeness (QED) is 0.853. The molecule has 0 unspecified atom stereocenters. The highest BCUT2D eigenvalue weighted by atomic mass is 32.2. The molecule has 0 spiro atoms. The number of rotatable bonds is 5. The summed E-state index contributed by atoms with van der Waals surface area (Å²) in [6.07, 6.45) is 2.01. The number of halogens is 3. The van der Waals surface area contributed by atoms with Gasteiger partial charge in [0.15, 0.2) is 0 Å². The maximum atomic E-state index is 13.1. The lowest BCUT2D eigenvalue weighted by Crippen LogP contribution is -2.28. The summed E-state index contributed by atoms with van der Waals surface area (Å²) in [6, 6.07) is 4.30. The van der Waals surface area contributed by atoms with E-state index in [9.17, 15) is 21.6 Å². The Kier molecular flexibility index (Phi) is 5.33. The predicted molar refractivity (Wildman–Crippen MR) is 87.6 cm³/mol. The second kappa shape index (κ2) is 7.36. The number of nitrogens with one attached hydrogen (secondary N) is 1. The number of sulfonamides is 1. The van der Waals surface area contributed by atoms with E-state index in [2.05, 4.69) is 14.9 Å². The molecular weight excluding hydrogens is 369 g/mol. The van der Waals surface area contributed by atoms with Gasteiger partial charge in [-0.05, 0) is 25.0 Å². The van der Waals surface area contributed by atoms with E-state index >= 15 is 0 Å². The summed E-state index contributed by atoms with van der Waals surface area (Å²) < 4.78 is 68.1. The average Bonchev–Trinajstić information content (AvgIpc) is 3.09. The van der Waals surface area contributed by atoms with Gasteiger partial charge >= 0.3 is 6.18 Å². The lowest BCUT2D eigenvalue weighted by atomic mass is 9.95. The molecule has 0 atom stereocenters. The Morgan fingerprint density at radius 3 is 2.54 bits per heavy atom. The standard InChI is InChI=1S/C16H19F3N4O2S/c17-16(18,19)13-8-4-5-9-14(13)26(24,25)21-10-15-22-20-11-23(15)12-6-2-1-3-7-12/h4-5,8-9,11-12,21H,1-3,6-7,10H2. The summed E-state index contributed by atoms with van der Waals surface area (Å²) >= 11 is 0. The van der Waals surface area contributed by atoms with E-state index in [0.717, 1.165) is 50.3 Å². The van der Waals surface area contributed by atoms with Crippen molar-refractivity contribution in [1.82, 2.24) is 19.5 Å². The average molecular weight is 388 g/mol. The van der Waals surface area contributed by atoms with Crippen LogP contribution in [0.25, 0.3) is 0 Å². The summed E-state index contributed by atoms with van der Waals surface area (Å²) in [7, 11) is -4.35. The van der Waals surface area contributed by atoms with E-state index in [1.807, 2.05) is 4.57 Å². The Bertz CT molecular complexity index is 858. The Morgan fingerprint density at radius 1 is 1.15 bits per heavy atom. The molecule has 1 fully saturated rings. The van der Waals surface area contributed by atoms with Crippen molar-refractivity contribution in [2.45, 2.75) is 55.8 Å². The van der Waals surface area contributed by atoms with Crippen molar-refractivity contribution in [1.29, 1.82) is 0 Å². The van der Waals surface area contributed by atoms with E-state index in [4.69, 9.17) is 0 Å². The summed E-state index contributed by atoms with van der Waals surface area (Å²) in [5.41, 5.74) is -1.19. The fourth-order valence-corrected chi connectivity index (χ4v) is 4.44. The number of hydrogen-bond acceptors (Lipinski definition) is 4. The van der Waals surface area contributed by atoms with E-state index in [0.29, 0.717) is 5.82 Å². The fourth-order valence-electron chi connectivity index (χ4n) is 3.23. The Balaban J connectivity index is 1.79. The third-order valence-corrected chi connectivity index (χ3v) is 5.98. The Morgan fingerprint density at radius 2 is 1.85 bits per heavy atom. The third kappa shape index (κ3) is 4.07. The smallest absolute Gasteiger partial charge is 0.313 e. The first kappa shape index (κ1) is 18.8. The first-order valence-electron chi connectivity index (χ1n) is 8.33. The Labute approximate surface area is 149 Å². The van der Waals surface area contributed by atoms with Crippen LogP contribution in [-0.2, 0) is 22.7 Å². The van der Waals surface area contributed by atoms with Crippen molar-refractivity contribution in [2.24, 2.45) is 0 Å². The van der Waals surface area contributed by atoms with Gasteiger partial charge in [0.25, 0.3) is 0 Å². The molecule has 0 aliphatic heterocycles. The molecule has 0 saturated heterocycles. The van der Waals surface area contributed by atoms with Gasteiger partial charge in [-0.2, -0.15) is 13.2 Å². The summed E-state index contributed by atoms with van der Waals surface area (Å²) in [5.74, 6) is 0.393. The van der Waals surface area contributed by atoms with Crippen LogP contribution in [0.2, 0.25) is 0 Å². The number of aromatic nitrogens is 3. The zero-order chi connectivity index (χ0) is 18.8. The maximum absolute atomic E-state index is 13.1. The minimum Gasteiger partial charge on any atom is -0.313 e. The maximum Gasteiger partial charge on any atom is 0.417 e. The van der Waals surface area contributed by atoms with Crippen LogP contribution >= 0.6 is 0 Å². The van der Waals surface area contributed by atoms with Crippen LogP contribution in [0.1, 0.15) is 49.5 Å². The zero-order valence-corrected chi connectivity index (χ0v) is 14.7. The minimum absolute atomic E-state index is 0.195. The summed E-state index contributed by atoms with van der Waals surface area (Å²) in [4.78, 5) is -0.795. The summed E-state index contributed by atoms with van der Waals surface area (Å²) in [5, 5.41) is 7.75. The van der Waals surface area contributed by atoms with Gasteiger partial charge < -0.3 is 4.57 Å². The van der Waals surface area contributed by atoms with E-state index in [-0.39, 0.29) is 12.6 Å². The van der Waals surface area contributed by atoms with Gasteiger partial charge in [0.05, 0.1) is 17.0 Å². The van der Waals surface area contributed by atoms with Crippen molar-refractivity contribution in [3.8, 4) is 0 Å². The monoisotopic (exact) mass is 388 g/mol. The predicted octanol–water partition coefficient (Wildman–Crippen LogP) is 3.28. The first-order valence-corrected chi connectivity index (χ1v) is 9.81. The molecule has 1 aliphatic rings. The minimum atomic E-state index is -4.76. The molecule has 0 amide bonds. The third-order valence-electron chi connectivity index (χ3n) is 4.52. The highest BCUT2D eigenvalue weighted by Gasteiger charge is 2.36. The normalized spacial score (nSPS) is 16.7. The molecule has 26 heavy (non-hydrogen) atoms. The number of benzene rings is 1. The molecule has 0 radical (unpaired) electrons. The second-order valence-corrected chi connectivity index (χ2v) is 8.00. The van der Waals surface area contributed by atoms with Crippen LogP contribution in [-0.4, -0.2) is 23.2 Å². The van der Waals surface area contributed by atoms with E-state index in [1.54, 1.807) is 6.33 Å². The largest absolute Gasteiger partial charge is 0.417 e. The summed E-state index contributed by atoms with van der Waals surface area (Å²) in [6.45, 7) is -0.217. The van der Waals surface area contributed by atoms with Gasteiger partial charge in [0.2, 0.25) is 10.0 Å². The van der Waals surface area contributed by atoms with Crippen LogP contribution in [0.5, 0.6) is 0 Å². The van der Waals surface area contributed by atoms with E-state index < -0.39 is 26.7 Å². The molecule has 3 rings (SSSR count). The number of nitrogens with zero attached hydrogens (tertiary/aromatic N) is 3. The van der Waals surface area contributed by atoms with Gasteiger partial charge in [0.1, 0.15) is 12.2 Å². The molecule has 1 aromatic heterocycles. The van der Waals surface area contributed by atoms with Crippen LogP contribution in [0.15, 0.2) is 35.5 Å². The van der Waals surface area contributed by atoms with Crippen molar-refractivity contribution >= 4 is 10.0 Å². The molecule has 0 bridgehead atoms. The highest BCUT2D eigenvalue weighted by molar-refractivity contribution is 7.89. The van der Waals surface area contributed by atoms with Gasteiger partial charge in [-0.1, -0.05) is 31.4 Å². The molecule has 6 nitrogen and oxygen atoms in total. The molecule has 1 aliphatic carbocycles. The molecule has 10 heteroatoms. The zero-order valence-electron chi connectivity index (χ0n) is 13.9. The Hall–Kier alpha value is -1.94. The van der Waals surface area contributed by atoms with Crippen LogP contribution in [0.4, 0.5) is 13.2 Å². The number of hydrogen-bond donors (Lipinski definition) is 1. The molecule has 1 aromatic carbocycles. The fraction of sp³-hybridized carbons (Fsp3) is 0.500. The molecule has 1 heterocycles. The second-order valence-electron chi connectivity index (χ2n) is 6.26. The molecule has 2 aromatic rings. The SMILES string of the molecule is O=S(=O)(NCc1nncn1C1CCCCC1)c1ccccc1C(F)(F)F. The van der Waals surface area contributed by atoms with Crippen LogP contribution < -0.4 is 4.72 Å². The topological polar surface area (TPSA) is 76.9 Å². The lowest BCUT2D eigenvalue weighted by Gasteiger charge is -2.24. The highest BCUT2D eigenvalue weighted by Crippen LogP contribution is 2.34.